The van der Waals surface area contributed by atoms with Crippen molar-refractivity contribution in [2.45, 2.75) is 11.1 Å². The molecule has 5 nitrogen and oxygen atoms in total. The quantitative estimate of drug-likeness (QED) is 0.816. The first kappa shape index (κ1) is 17.7. The summed E-state index contributed by atoms with van der Waals surface area (Å²) in [6, 6.07) is 5.51. The Hall–Kier alpha value is -2.62. The molecule has 24 heavy (non-hydrogen) atoms. The van der Waals surface area contributed by atoms with E-state index in [9.17, 15) is 30.8 Å². The molecule has 128 valence electrons. The maximum Gasteiger partial charge on any atom is 0.416 e. The van der Waals surface area contributed by atoms with Crippen molar-refractivity contribution >= 4 is 21.7 Å². The Bertz CT molecular complexity index is 877. The summed E-state index contributed by atoms with van der Waals surface area (Å²) in [5.41, 5.74) is -2.48. The fourth-order valence-electron chi connectivity index (χ4n) is 1.85. The average Bonchev–Trinajstić information content (AvgIpc) is 2.45. The molecule has 0 aromatic heterocycles. The highest BCUT2D eigenvalue weighted by atomic mass is 32.2. The van der Waals surface area contributed by atoms with Gasteiger partial charge in [-0.3, -0.25) is 4.72 Å². The second kappa shape index (κ2) is 6.11. The molecule has 0 aliphatic rings. The van der Waals surface area contributed by atoms with Gasteiger partial charge in [-0.2, -0.15) is 13.2 Å². The van der Waals surface area contributed by atoms with Gasteiger partial charge >= 0.3 is 12.1 Å². The molecule has 0 fully saturated rings. The summed E-state index contributed by atoms with van der Waals surface area (Å²) >= 11 is 0. The van der Waals surface area contributed by atoms with Crippen molar-refractivity contribution in [2.24, 2.45) is 0 Å². The fraction of sp³-hybridized carbons (Fsp3) is 0.0714. The Morgan fingerprint density at radius 3 is 2.12 bits per heavy atom. The molecule has 2 aromatic carbocycles. The van der Waals surface area contributed by atoms with Gasteiger partial charge in [-0.25, -0.2) is 17.6 Å². The smallest absolute Gasteiger partial charge is 0.416 e. The van der Waals surface area contributed by atoms with E-state index in [1.54, 1.807) is 0 Å². The van der Waals surface area contributed by atoms with Crippen LogP contribution in [0, 0.1) is 5.82 Å². The van der Waals surface area contributed by atoms with E-state index in [1.165, 1.54) is 0 Å². The molecule has 2 N–H and O–H groups in total. The summed E-state index contributed by atoms with van der Waals surface area (Å²) in [5.74, 6) is -2.85. The van der Waals surface area contributed by atoms with Gasteiger partial charge < -0.3 is 5.11 Å². The molecule has 0 atom stereocenters. The van der Waals surface area contributed by atoms with Crippen LogP contribution >= 0.6 is 0 Å². The summed E-state index contributed by atoms with van der Waals surface area (Å²) < 4.78 is 77.1. The first-order valence-electron chi connectivity index (χ1n) is 6.24. The van der Waals surface area contributed by atoms with Crippen LogP contribution in [0.25, 0.3) is 0 Å². The van der Waals surface area contributed by atoms with E-state index in [0.29, 0.717) is 24.3 Å². The summed E-state index contributed by atoms with van der Waals surface area (Å²) in [4.78, 5) is 10.5. The third-order valence-corrected chi connectivity index (χ3v) is 4.35. The van der Waals surface area contributed by atoms with Crippen molar-refractivity contribution in [2.75, 3.05) is 4.72 Å². The molecule has 0 heterocycles. The number of carboxylic acid groups (broad SMARTS) is 1. The minimum atomic E-state index is -4.63. The summed E-state index contributed by atoms with van der Waals surface area (Å²) in [6.07, 6.45) is -4.63. The molecule has 0 aliphatic heterocycles. The number of sulfonamides is 1. The predicted octanol–water partition coefficient (Wildman–Crippen LogP) is 3.34. The highest BCUT2D eigenvalue weighted by molar-refractivity contribution is 7.92. The number of nitrogens with one attached hydrogen (secondary N) is 1. The molecular weight excluding hydrogens is 354 g/mol. The number of rotatable bonds is 4. The molecule has 0 saturated carbocycles. The normalized spacial score (nSPS) is 12.0. The SMILES string of the molecule is O=C(O)c1c(F)cccc1NS(=O)(=O)c1ccc(C(F)(F)F)cc1. The molecule has 10 heteroatoms. The molecule has 0 unspecified atom stereocenters. The van der Waals surface area contributed by atoms with Crippen LogP contribution in [-0.2, 0) is 16.2 Å². The van der Waals surface area contributed by atoms with Gasteiger partial charge in [0, 0.05) is 0 Å². The molecule has 0 aliphatic carbocycles. The summed E-state index contributed by atoms with van der Waals surface area (Å²) in [5, 5.41) is 8.94. The summed E-state index contributed by atoms with van der Waals surface area (Å²) in [7, 11) is -4.40. The Morgan fingerprint density at radius 2 is 1.62 bits per heavy atom. The van der Waals surface area contributed by atoms with Crippen molar-refractivity contribution in [3.05, 3.63) is 59.4 Å². The van der Waals surface area contributed by atoms with Crippen molar-refractivity contribution in [3.8, 4) is 0 Å². The van der Waals surface area contributed by atoms with Gasteiger partial charge in [-0.1, -0.05) is 6.07 Å². The van der Waals surface area contributed by atoms with Crippen LogP contribution in [0.4, 0.5) is 23.2 Å². The van der Waals surface area contributed by atoms with Crippen molar-refractivity contribution in [3.63, 3.8) is 0 Å². The van der Waals surface area contributed by atoms with E-state index in [4.69, 9.17) is 5.11 Å². The Balaban J connectivity index is 2.40. The van der Waals surface area contributed by atoms with Gasteiger partial charge in [0.25, 0.3) is 10.0 Å². The first-order valence-corrected chi connectivity index (χ1v) is 7.72. The number of carbonyl (C=O) groups is 1. The highest BCUT2D eigenvalue weighted by Gasteiger charge is 2.31. The molecule has 0 radical (unpaired) electrons. The van der Waals surface area contributed by atoms with Crippen LogP contribution in [0.5, 0.6) is 0 Å². The number of halogens is 4. The van der Waals surface area contributed by atoms with E-state index >= 15 is 0 Å². The Kier molecular flexibility index (Phi) is 4.52. The number of anilines is 1. The lowest BCUT2D eigenvalue weighted by Gasteiger charge is -2.12. The lowest BCUT2D eigenvalue weighted by Crippen LogP contribution is -2.17. The number of aromatic carboxylic acids is 1. The van der Waals surface area contributed by atoms with E-state index in [0.717, 1.165) is 18.2 Å². The van der Waals surface area contributed by atoms with Crippen molar-refractivity contribution < 1.29 is 35.9 Å². The zero-order valence-corrected chi connectivity index (χ0v) is 12.5. The average molecular weight is 363 g/mol. The second-order valence-corrected chi connectivity index (χ2v) is 6.28. The number of carboxylic acids is 1. The van der Waals surface area contributed by atoms with Crippen LogP contribution in [0.1, 0.15) is 15.9 Å². The fourth-order valence-corrected chi connectivity index (χ4v) is 2.93. The number of benzene rings is 2. The molecule has 0 spiro atoms. The largest absolute Gasteiger partial charge is 0.478 e. The topological polar surface area (TPSA) is 83.5 Å². The number of alkyl halides is 3. The van der Waals surface area contributed by atoms with Crippen molar-refractivity contribution in [1.29, 1.82) is 0 Å². The van der Waals surface area contributed by atoms with Gasteiger partial charge in [0.15, 0.2) is 0 Å². The Labute approximate surface area is 133 Å². The number of hydrogen-bond donors (Lipinski definition) is 2. The van der Waals surface area contributed by atoms with Gasteiger partial charge in [-0.05, 0) is 36.4 Å². The zero-order valence-electron chi connectivity index (χ0n) is 11.6. The minimum Gasteiger partial charge on any atom is -0.478 e. The van der Waals surface area contributed by atoms with E-state index < -0.39 is 49.7 Å². The van der Waals surface area contributed by atoms with Crippen LogP contribution in [0.3, 0.4) is 0 Å². The predicted molar refractivity (Wildman–Crippen MR) is 75.6 cm³/mol. The third kappa shape index (κ3) is 3.65. The third-order valence-electron chi connectivity index (χ3n) is 2.96. The lowest BCUT2D eigenvalue weighted by molar-refractivity contribution is -0.137. The number of hydrogen-bond acceptors (Lipinski definition) is 3. The lowest BCUT2D eigenvalue weighted by atomic mass is 10.2. The molecular formula is C14H9F4NO4S. The van der Waals surface area contributed by atoms with Crippen LogP contribution in [-0.4, -0.2) is 19.5 Å². The zero-order chi connectivity index (χ0) is 18.1. The van der Waals surface area contributed by atoms with Gasteiger partial charge in [-0.15, -0.1) is 0 Å². The van der Waals surface area contributed by atoms with Gasteiger partial charge in [0.05, 0.1) is 16.1 Å². The summed E-state index contributed by atoms with van der Waals surface area (Å²) in [6.45, 7) is 0. The van der Waals surface area contributed by atoms with E-state index in [2.05, 4.69) is 0 Å². The highest BCUT2D eigenvalue weighted by Crippen LogP contribution is 2.30. The van der Waals surface area contributed by atoms with Crippen LogP contribution in [0.2, 0.25) is 0 Å². The van der Waals surface area contributed by atoms with Gasteiger partial charge in [0.1, 0.15) is 11.4 Å². The maximum atomic E-state index is 13.5. The molecule has 0 saturated heterocycles. The second-order valence-electron chi connectivity index (χ2n) is 4.60. The van der Waals surface area contributed by atoms with Gasteiger partial charge in [0.2, 0.25) is 0 Å². The molecule has 0 bridgehead atoms. The van der Waals surface area contributed by atoms with Crippen LogP contribution in [0.15, 0.2) is 47.4 Å². The maximum absolute atomic E-state index is 13.5. The van der Waals surface area contributed by atoms with E-state index in [1.807, 2.05) is 4.72 Å². The standard InChI is InChI=1S/C14H9F4NO4S/c15-10-2-1-3-11(12(10)13(20)21)19-24(22,23)9-6-4-8(5-7-9)14(16,17)18/h1-7,19H,(H,20,21). The van der Waals surface area contributed by atoms with Crippen molar-refractivity contribution in [1.82, 2.24) is 0 Å². The van der Waals surface area contributed by atoms with E-state index in [-0.39, 0.29) is 0 Å². The monoisotopic (exact) mass is 363 g/mol. The Morgan fingerprint density at radius 1 is 1.04 bits per heavy atom. The van der Waals surface area contributed by atoms with Crippen LogP contribution < -0.4 is 4.72 Å². The molecule has 2 rings (SSSR count). The first-order chi connectivity index (χ1) is 11.0. The molecule has 0 amide bonds. The molecule has 2 aromatic rings. The minimum absolute atomic E-state index is 0.531.